The number of carbonyl (C=O) groups is 1. The average Bonchev–Trinajstić information content (AvgIpc) is 2.38. The van der Waals surface area contributed by atoms with E-state index >= 15 is 0 Å². The van der Waals surface area contributed by atoms with Crippen molar-refractivity contribution in [2.75, 3.05) is 20.2 Å². The van der Waals surface area contributed by atoms with E-state index in [2.05, 4.69) is 6.92 Å². The number of carbonyl (C=O) groups excluding carboxylic acids is 1. The Hall–Kier alpha value is -0.610. The number of amides is 1. The summed E-state index contributed by atoms with van der Waals surface area (Å²) in [5.41, 5.74) is 6.17. The van der Waals surface area contributed by atoms with Crippen molar-refractivity contribution in [3.63, 3.8) is 0 Å². The van der Waals surface area contributed by atoms with Gasteiger partial charge in [0.2, 0.25) is 5.91 Å². The van der Waals surface area contributed by atoms with Crippen LogP contribution >= 0.6 is 0 Å². The fourth-order valence-electron chi connectivity index (χ4n) is 3.42. The van der Waals surface area contributed by atoms with Crippen LogP contribution in [0.5, 0.6) is 0 Å². The highest BCUT2D eigenvalue weighted by molar-refractivity contribution is 5.80. The van der Waals surface area contributed by atoms with Crippen molar-refractivity contribution in [3.05, 3.63) is 0 Å². The third kappa shape index (κ3) is 2.86. The van der Waals surface area contributed by atoms with Gasteiger partial charge in [-0.2, -0.15) is 0 Å². The van der Waals surface area contributed by atoms with E-state index in [1.165, 1.54) is 0 Å². The predicted octanol–water partition coefficient (Wildman–Crippen LogP) is 1.39. The van der Waals surface area contributed by atoms with E-state index in [-0.39, 0.29) is 24.0 Å². The van der Waals surface area contributed by atoms with Crippen LogP contribution in [0.1, 0.15) is 39.0 Å². The number of ether oxygens (including phenoxy) is 1. The summed E-state index contributed by atoms with van der Waals surface area (Å²) >= 11 is 0. The molecule has 0 spiro atoms. The Morgan fingerprint density at radius 1 is 1.28 bits per heavy atom. The lowest BCUT2D eigenvalue weighted by atomic mass is 9.76. The number of likely N-dealkylation sites (tertiary alicyclic amines) is 1. The van der Waals surface area contributed by atoms with Crippen molar-refractivity contribution in [1.82, 2.24) is 4.90 Å². The van der Waals surface area contributed by atoms with Gasteiger partial charge >= 0.3 is 0 Å². The molecule has 2 aliphatic rings. The highest BCUT2D eigenvalue weighted by atomic mass is 16.5. The first-order valence-electron chi connectivity index (χ1n) is 7.20. The summed E-state index contributed by atoms with van der Waals surface area (Å²) in [6.45, 7) is 3.78. The van der Waals surface area contributed by atoms with E-state index < -0.39 is 0 Å². The number of nitrogens with zero attached hydrogens (tertiary/aromatic N) is 1. The van der Waals surface area contributed by atoms with Gasteiger partial charge in [-0.3, -0.25) is 4.79 Å². The summed E-state index contributed by atoms with van der Waals surface area (Å²) in [4.78, 5) is 14.6. The number of methoxy groups -OCH3 is 1. The first-order chi connectivity index (χ1) is 8.63. The van der Waals surface area contributed by atoms with Gasteiger partial charge < -0.3 is 15.4 Å². The molecule has 2 rings (SSSR count). The molecule has 1 heterocycles. The largest absolute Gasteiger partial charge is 0.380 e. The van der Waals surface area contributed by atoms with Gasteiger partial charge in [-0.05, 0) is 31.6 Å². The van der Waals surface area contributed by atoms with Gasteiger partial charge in [0.15, 0.2) is 0 Å². The average molecular weight is 254 g/mol. The summed E-state index contributed by atoms with van der Waals surface area (Å²) < 4.78 is 5.39. The van der Waals surface area contributed by atoms with Crippen LogP contribution in [0.2, 0.25) is 0 Å². The number of hydrogen-bond donors (Lipinski definition) is 1. The molecule has 18 heavy (non-hydrogen) atoms. The first-order valence-corrected chi connectivity index (χ1v) is 7.20. The normalized spacial score (nSPS) is 37.6. The van der Waals surface area contributed by atoms with Gasteiger partial charge in [-0.25, -0.2) is 0 Å². The summed E-state index contributed by atoms with van der Waals surface area (Å²) in [5, 5.41) is 0. The number of nitrogens with two attached hydrogens (primary N) is 1. The molecule has 2 N–H and O–H groups in total. The van der Waals surface area contributed by atoms with Gasteiger partial charge in [0.05, 0.1) is 12.0 Å². The lowest BCUT2D eigenvalue weighted by Gasteiger charge is -2.39. The molecule has 4 heteroatoms. The predicted molar refractivity (Wildman–Crippen MR) is 71.1 cm³/mol. The van der Waals surface area contributed by atoms with Gasteiger partial charge in [0.25, 0.3) is 0 Å². The highest BCUT2D eigenvalue weighted by Crippen LogP contribution is 2.31. The minimum Gasteiger partial charge on any atom is -0.380 e. The lowest BCUT2D eigenvalue weighted by molar-refractivity contribution is -0.142. The Morgan fingerprint density at radius 3 is 2.72 bits per heavy atom. The zero-order chi connectivity index (χ0) is 13.1. The Balaban J connectivity index is 2.00. The van der Waals surface area contributed by atoms with Crippen LogP contribution in [0.3, 0.4) is 0 Å². The van der Waals surface area contributed by atoms with E-state index in [0.717, 1.165) is 45.2 Å². The van der Waals surface area contributed by atoms with Crippen molar-refractivity contribution >= 4 is 5.91 Å². The molecule has 4 nitrogen and oxygen atoms in total. The topological polar surface area (TPSA) is 55.6 Å². The summed E-state index contributed by atoms with van der Waals surface area (Å²) in [7, 11) is 1.73. The van der Waals surface area contributed by atoms with Gasteiger partial charge in [0, 0.05) is 26.2 Å². The van der Waals surface area contributed by atoms with Crippen LogP contribution in [0.25, 0.3) is 0 Å². The molecule has 1 aliphatic carbocycles. The first kappa shape index (κ1) is 13.8. The molecular formula is C14H26N2O2. The Labute approximate surface area is 110 Å². The third-order valence-electron chi connectivity index (χ3n) is 4.58. The van der Waals surface area contributed by atoms with Crippen LogP contribution in [0.15, 0.2) is 0 Å². The third-order valence-corrected chi connectivity index (χ3v) is 4.58. The molecule has 2 fully saturated rings. The van der Waals surface area contributed by atoms with E-state index in [1.54, 1.807) is 7.11 Å². The van der Waals surface area contributed by atoms with Crippen LogP contribution in [0, 0.1) is 11.8 Å². The standard InChI is InChI=1S/C14H26N2O2/c1-10-5-3-7-12(15)13(10)14(17)16-8-4-6-11(9-16)18-2/h10-13H,3-9,15H2,1-2H3. The van der Waals surface area contributed by atoms with Crippen LogP contribution in [-0.4, -0.2) is 43.2 Å². The van der Waals surface area contributed by atoms with Gasteiger partial charge in [0.1, 0.15) is 0 Å². The van der Waals surface area contributed by atoms with Crippen molar-refractivity contribution in [2.45, 2.75) is 51.2 Å². The monoisotopic (exact) mass is 254 g/mol. The van der Waals surface area contributed by atoms with Crippen molar-refractivity contribution in [1.29, 1.82) is 0 Å². The van der Waals surface area contributed by atoms with E-state index in [4.69, 9.17) is 10.5 Å². The van der Waals surface area contributed by atoms with E-state index in [9.17, 15) is 4.79 Å². The lowest BCUT2D eigenvalue weighted by Crippen LogP contribution is -2.52. The summed E-state index contributed by atoms with van der Waals surface area (Å²) in [6.07, 6.45) is 5.59. The molecule has 1 saturated heterocycles. The fourth-order valence-corrected chi connectivity index (χ4v) is 3.42. The minimum atomic E-state index is 0.0226. The quantitative estimate of drug-likeness (QED) is 0.810. The molecule has 1 aliphatic heterocycles. The van der Waals surface area contributed by atoms with Gasteiger partial charge in [-0.15, -0.1) is 0 Å². The Bertz CT molecular complexity index is 286. The van der Waals surface area contributed by atoms with E-state index in [1.807, 2.05) is 4.90 Å². The maximum atomic E-state index is 12.6. The molecule has 0 aromatic rings. The molecule has 4 unspecified atom stereocenters. The van der Waals surface area contributed by atoms with Crippen LogP contribution < -0.4 is 5.73 Å². The maximum Gasteiger partial charge on any atom is 0.227 e. The SMILES string of the molecule is COC1CCCN(C(=O)C2C(C)CCCC2N)C1. The van der Waals surface area contributed by atoms with E-state index in [0.29, 0.717) is 5.92 Å². The zero-order valence-corrected chi connectivity index (χ0v) is 11.6. The van der Waals surface area contributed by atoms with Crippen molar-refractivity contribution in [3.8, 4) is 0 Å². The second kappa shape index (κ2) is 6.02. The minimum absolute atomic E-state index is 0.0226. The maximum absolute atomic E-state index is 12.6. The number of rotatable bonds is 2. The molecule has 4 atom stereocenters. The molecule has 0 radical (unpaired) electrons. The Kier molecular flexibility index (Phi) is 4.62. The molecule has 0 aromatic heterocycles. The summed E-state index contributed by atoms with van der Waals surface area (Å²) in [5.74, 6) is 0.704. The smallest absolute Gasteiger partial charge is 0.227 e. The second-order valence-corrected chi connectivity index (χ2v) is 5.88. The zero-order valence-electron chi connectivity index (χ0n) is 11.6. The second-order valence-electron chi connectivity index (χ2n) is 5.88. The Morgan fingerprint density at radius 2 is 2.06 bits per heavy atom. The molecular weight excluding hydrogens is 228 g/mol. The number of piperidine rings is 1. The summed E-state index contributed by atoms with van der Waals surface area (Å²) in [6, 6.07) is 0.0455. The highest BCUT2D eigenvalue weighted by Gasteiger charge is 2.37. The molecule has 0 bridgehead atoms. The van der Waals surface area contributed by atoms with Crippen molar-refractivity contribution < 1.29 is 9.53 Å². The molecule has 104 valence electrons. The molecule has 1 saturated carbocycles. The van der Waals surface area contributed by atoms with Crippen LogP contribution in [0.4, 0.5) is 0 Å². The number of hydrogen-bond acceptors (Lipinski definition) is 3. The van der Waals surface area contributed by atoms with Crippen LogP contribution in [-0.2, 0) is 9.53 Å². The van der Waals surface area contributed by atoms with Crippen molar-refractivity contribution in [2.24, 2.45) is 17.6 Å². The van der Waals surface area contributed by atoms with Gasteiger partial charge in [-0.1, -0.05) is 13.3 Å². The fraction of sp³-hybridized carbons (Fsp3) is 0.929. The molecule has 1 amide bonds. The molecule has 0 aromatic carbocycles.